The fourth-order valence-corrected chi connectivity index (χ4v) is 1.71. The summed E-state index contributed by atoms with van der Waals surface area (Å²) in [6.45, 7) is 0.946. The van der Waals surface area contributed by atoms with E-state index >= 15 is 0 Å². The number of benzene rings is 1. The van der Waals surface area contributed by atoms with Gasteiger partial charge in [-0.1, -0.05) is 17.3 Å². The lowest BCUT2D eigenvalue weighted by Crippen LogP contribution is -2.32. The topological polar surface area (TPSA) is 81.1 Å². The smallest absolute Gasteiger partial charge is 0.314 e. The van der Waals surface area contributed by atoms with Crippen molar-refractivity contribution >= 4 is 6.03 Å². The lowest BCUT2D eigenvalue weighted by molar-refractivity contribution is 0.242. The van der Waals surface area contributed by atoms with E-state index < -0.39 is 0 Å². The molecule has 0 aliphatic heterocycles. The molecule has 0 fully saturated rings. The number of nitrogens with zero attached hydrogens (tertiary/aromatic N) is 3. The molecule has 20 heavy (non-hydrogen) atoms. The molecule has 7 nitrogen and oxygen atoms in total. The zero-order valence-electron chi connectivity index (χ0n) is 11.5. The third-order valence-corrected chi connectivity index (χ3v) is 2.72. The monoisotopic (exact) mass is 275 g/mol. The molecule has 0 spiro atoms. The summed E-state index contributed by atoms with van der Waals surface area (Å²) in [6, 6.07) is 7.52. The summed E-state index contributed by atoms with van der Waals surface area (Å²) in [5, 5.41) is 13.2. The highest BCUT2D eigenvalue weighted by Gasteiger charge is 2.04. The Hall–Kier alpha value is -2.57. The molecule has 2 rings (SSSR count). The summed E-state index contributed by atoms with van der Waals surface area (Å²) in [7, 11) is 3.20. The van der Waals surface area contributed by atoms with E-state index in [9.17, 15) is 4.79 Å². The predicted octanol–water partition coefficient (Wildman–Crippen LogP) is 0.764. The van der Waals surface area contributed by atoms with Crippen LogP contribution in [0, 0.1) is 0 Å². The number of amides is 2. The SMILES string of the molecule is CNC(=O)NCc1cn(Cc2cccc(OC)c2)nn1. The van der Waals surface area contributed by atoms with Crippen molar-refractivity contribution in [3.05, 3.63) is 41.7 Å². The number of urea groups is 1. The standard InChI is InChI=1S/C13H17N5O2/c1-14-13(19)15-7-11-9-18(17-16-11)8-10-4-3-5-12(6-10)20-2/h3-6,9H,7-8H2,1-2H3,(H2,14,15,19). The summed E-state index contributed by atoms with van der Waals surface area (Å²) < 4.78 is 6.89. The molecule has 106 valence electrons. The van der Waals surface area contributed by atoms with Crippen LogP contribution in [0.5, 0.6) is 5.75 Å². The molecule has 0 aliphatic carbocycles. The van der Waals surface area contributed by atoms with E-state index in [1.54, 1.807) is 25.0 Å². The van der Waals surface area contributed by atoms with E-state index in [0.717, 1.165) is 11.3 Å². The van der Waals surface area contributed by atoms with Gasteiger partial charge in [0.2, 0.25) is 0 Å². The summed E-state index contributed by atoms with van der Waals surface area (Å²) in [5.74, 6) is 0.809. The molecule has 0 atom stereocenters. The quantitative estimate of drug-likeness (QED) is 0.844. The number of ether oxygens (including phenoxy) is 1. The third-order valence-electron chi connectivity index (χ3n) is 2.72. The normalized spacial score (nSPS) is 10.1. The number of hydrogen-bond acceptors (Lipinski definition) is 4. The first-order valence-corrected chi connectivity index (χ1v) is 6.19. The van der Waals surface area contributed by atoms with Crippen molar-refractivity contribution in [2.24, 2.45) is 0 Å². The molecule has 1 heterocycles. The first kappa shape index (κ1) is 13.9. The minimum Gasteiger partial charge on any atom is -0.497 e. The zero-order valence-corrected chi connectivity index (χ0v) is 11.5. The van der Waals surface area contributed by atoms with Gasteiger partial charge < -0.3 is 15.4 Å². The lowest BCUT2D eigenvalue weighted by atomic mass is 10.2. The Morgan fingerprint density at radius 2 is 2.30 bits per heavy atom. The number of aromatic nitrogens is 3. The number of hydrogen-bond donors (Lipinski definition) is 2. The molecule has 0 saturated heterocycles. The van der Waals surface area contributed by atoms with Gasteiger partial charge >= 0.3 is 6.03 Å². The van der Waals surface area contributed by atoms with Crippen molar-refractivity contribution in [3.63, 3.8) is 0 Å². The van der Waals surface area contributed by atoms with Crippen LogP contribution in [-0.4, -0.2) is 35.2 Å². The van der Waals surface area contributed by atoms with Crippen molar-refractivity contribution in [3.8, 4) is 5.75 Å². The van der Waals surface area contributed by atoms with Crippen molar-refractivity contribution < 1.29 is 9.53 Å². The van der Waals surface area contributed by atoms with Crippen molar-refractivity contribution in [1.82, 2.24) is 25.6 Å². The Morgan fingerprint density at radius 3 is 3.05 bits per heavy atom. The van der Waals surface area contributed by atoms with Crippen LogP contribution in [0.1, 0.15) is 11.3 Å². The molecule has 2 N–H and O–H groups in total. The van der Waals surface area contributed by atoms with Gasteiger partial charge in [0, 0.05) is 7.05 Å². The van der Waals surface area contributed by atoms with Crippen molar-refractivity contribution in [1.29, 1.82) is 0 Å². The predicted molar refractivity (Wildman–Crippen MR) is 73.4 cm³/mol. The van der Waals surface area contributed by atoms with E-state index in [1.807, 2.05) is 24.3 Å². The van der Waals surface area contributed by atoms with Crippen LogP contribution in [0.25, 0.3) is 0 Å². The second-order valence-electron chi connectivity index (χ2n) is 4.19. The maximum Gasteiger partial charge on any atom is 0.314 e. The van der Waals surface area contributed by atoms with Gasteiger partial charge in [0.05, 0.1) is 26.4 Å². The van der Waals surface area contributed by atoms with Crippen LogP contribution in [0.2, 0.25) is 0 Å². The summed E-state index contributed by atoms with van der Waals surface area (Å²) in [5.41, 5.74) is 1.77. The first-order chi connectivity index (χ1) is 9.71. The van der Waals surface area contributed by atoms with Gasteiger partial charge in [-0.15, -0.1) is 5.10 Å². The maximum atomic E-state index is 11.1. The largest absolute Gasteiger partial charge is 0.497 e. The van der Waals surface area contributed by atoms with Gasteiger partial charge in [0.15, 0.2) is 0 Å². The second kappa shape index (κ2) is 6.55. The average Bonchev–Trinajstić information content (AvgIpc) is 2.92. The van der Waals surface area contributed by atoms with E-state index in [2.05, 4.69) is 20.9 Å². The molecule has 2 aromatic rings. The minimum absolute atomic E-state index is 0.243. The van der Waals surface area contributed by atoms with E-state index in [4.69, 9.17) is 4.74 Å². The highest BCUT2D eigenvalue weighted by Crippen LogP contribution is 2.13. The van der Waals surface area contributed by atoms with E-state index in [1.165, 1.54) is 0 Å². The Balaban J connectivity index is 1.96. The van der Waals surface area contributed by atoms with Crippen molar-refractivity contribution in [2.45, 2.75) is 13.1 Å². The zero-order chi connectivity index (χ0) is 14.4. The number of rotatable bonds is 5. The number of carbonyl (C=O) groups excluding carboxylic acids is 1. The Labute approximate surface area is 116 Å². The molecule has 1 aromatic carbocycles. The molecular weight excluding hydrogens is 258 g/mol. The maximum absolute atomic E-state index is 11.1. The molecule has 1 aromatic heterocycles. The Kier molecular flexibility index (Phi) is 4.54. The lowest BCUT2D eigenvalue weighted by Gasteiger charge is -2.04. The van der Waals surface area contributed by atoms with E-state index in [-0.39, 0.29) is 6.03 Å². The van der Waals surface area contributed by atoms with Crippen LogP contribution < -0.4 is 15.4 Å². The first-order valence-electron chi connectivity index (χ1n) is 6.19. The fourth-order valence-electron chi connectivity index (χ4n) is 1.71. The van der Waals surface area contributed by atoms with Gasteiger partial charge in [-0.2, -0.15) is 0 Å². The average molecular weight is 275 g/mol. The van der Waals surface area contributed by atoms with Gasteiger partial charge in [-0.25, -0.2) is 9.48 Å². The Bertz CT molecular complexity index is 582. The summed E-state index contributed by atoms with van der Waals surface area (Å²) in [4.78, 5) is 11.1. The van der Waals surface area contributed by atoms with Crippen LogP contribution in [0.4, 0.5) is 4.79 Å². The van der Waals surface area contributed by atoms with Gasteiger partial charge in [0.25, 0.3) is 0 Å². The molecule has 2 amide bonds. The molecule has 7 heteroatoms. The Morgan fingerprint density at radius 1 is 1.45 bits per heavy atom. The van der Waals surface area contributed by atoms with Crippen LogP contribution in [0.3, 0.4) is 0 Å². The molecule has 0 bridgehead atoms. The molecule has 0 unspecified atom stereocenters. The van der Waals surface area contributed by atoms with Crippen LogP contribution in [0.15, 0.2) is 30.5 Å². The molecular formula is C13H17N5O2. The van der Waals surface area contributed by atoms with Gasteiger partial charge in [0.1, 0.15) is 11.4 Å². The highest BCUT2D eigenvalue weighted by atomic mass is 16.5. The fraction of sp³-hybridized carbons (Fsp3) is 0.308. The number of methoxy groups -OCH3 is 1. The highest BCUT2D eigenvalue weighted by molar-refractivity contribution is 5.73. The van der Waals surface area contributed by atoms with Gasteiger partial charge in [-0.3, -0.25) is 0 Å². The van der Waals surface area contributed by atoms with Crippen LogP contribution in [-0.2, 0) is 13.1 Å². The van der Waals surface area contributed by atoms with Crippen LogP contribution >= 0.6 is 0 Å². The third kappa shape index (κ3) is 3.71. The molecule has 0 saturated carbocycles. The molecule has 0 radical (unpaired) electrons. The van der Waals surface area contributed by atoms with Gasteiger partial charge in [-0.05, 0) is 17.7 Å². The summed E-state index contributed by atoms with van der Waals surface area (Å²) in [6.07, 6.45) is 1.80. The van der Waals surface area contributed by atoms with Crippen molar-refractivity contribution in [2.75, 3.05) is 14.2 Å². The second-order valence-corrected chi connectivity index (χ2v) is 4.19. The molecule has 0 aliphatic rings. The number of nitrogens with one attached hydrogen (secondary N) is 2. The minimum atomic E-state index is -0.243. The number of carbonyl (C=O) groups is 1. The summed E-state index contributed by atoms with van der Waals surface area (Å²) >= 11 is 0. The van der Waals surface area contributed by atoms with E-state index in [0.29, 0.717) is 18.8 Å².